The lowest BCUT2D eigenvalue weighted by molar-refractivity contribution is -0.138. The van der Waals surface area contributed by atoms with Crippen molar-refractivity contribution >= 4 is 23.6 Å². The van der Waals surface area contributed by atoms with Crippen LogP contribution in [0.25, 0.3) is 0 Å². The number of carbonyl (C=O) groups is 2. The SMILES string of the molecule is Cc1cccc(CN(C(=O)CSCc2ccccc2)[C@H](C)C(=O)NCC(C)C)c1. The van der Waals surface area contributed by atoms with Gasteiger partial charge in [-0.05, 0) is 30.9 Å². The van der Waals surface area contributed by atoms with Gasteiger partial charge in [0.1, 0.15) is 6.04 Å². The topological polar surface area (TPSA) is 49.4 Å². The van der Waals surface area contributed by atoms with E-state index in [1.165, 1.54) is 5.56 Å². The van der Waals surface area contributed by atoms with Crippen molar-refractivity contribution in [1.29, 1.82) is 0 Å². The molecule has 1 N–H and O–H groups in total. The fourth-order valence-corrected chi connectivity index (χ4v) is 3.83. The lowest BCUT2D eigenvalue weighted by Crippen LogP contribution is -2.48. The van der Waals surface area contributed by atoms with Gasteiger partial charge in [-0.2, -0.15) is 0 Å². The van der Waals surface area contributed by atoms with E-state index in [0.717, 1.165) is 16.9 Å². The Bertz CT molecular complexity index is 792. The number of nitrogens with one attached hydrogen (secondary N) is 1. The molecule has 0 spiro atoms. The van der Waals surface area contributed by atoms with E-state index in [-0.39, 0.29) is 11.8 Å². The number of thioether (sulfide) groups is 1. The number of benzene rings is 2. The Morgan fingerprint density at radius 1 is 1.00 bits per heavy atom. The first-order valence-electron chi connectivity index (χ1n) is 10.1. The van der Waals surface area contributed by atoms with Gasteiger partial charge in [0.2, 0.25) is 11.8 Å². The quantitative estimate of drug-likeness (QED) is 0.628. The molecule has 0 aliphatic heterocycles. The summed E-state index contributed by atoms with van der Waals surface area (Å²) in [6.07, 6.45) is 0. The molecule has 0 bridgehead atoms. The Kier molecular flexibility index (Phi) is 9.26. The number of carbonyl (C=O) groups excluding carboxylic acids is 2. The van der Waals surface area contributed by atoms with E-state index in [0.29, 0.717) is 24.8 Å². The molecule has 2 aromatic rings. The minimum absolute atomic E-state index is 0.0142. The molecular formula is C24H32N2O2S. The summed E-state index contributed by atoms with van der Waals surface area (Å²) in [5, 5.41) is 2.96. The van der Waals surface area contributed by atoms with Crippen molar-refractivity contribution in [1.82, 2.24) is 10.2 Å². The van der Waals surface area contributed by atoms with Crippen LogP contribution in [0.2, 0.25) is 0 Å². The summed E-state index contributed by atoms with van der Waals surface area (Å²) in [6.45, 7) is 9.00. The predicted octanol–water partition coefficient (Wildman–Crippen LogP) is 4.42. The van der Waals surface area contributed by atoms with E-state index in [1.54, 1.807) is 16.7 Å². The van der Waals surface area contributed by atoms with Gasteiger partial charge in [-0.25, -0.2) is 0 Å². The Morgan fingerprint density at radius 3 is 2.34 bits per heavy atom. The van der Waals surface area contributed by atoms with E-state index in [4.69, 9.17) is 0 Å². The Hall–Kier alpha value is -2.27. The van der Waals surface area contributed by atoms with Crippen molar-refractivity contribution in [3.05, 3.63) is 71.3 Å². The van der Waals surface area contributed by atoms with Crippen molar-refractivity contribution in [3.63, 3.8) is 0 Å². The van der Waals surface area contributed by atoms with Crippen LogP contribution in [0.5, 0.6) is 0 Å². The number of nitrogens with zero attached hydrogens (tertiary/aromatic N) is 1. The highest BCUT2D eigenvalue weighted by Gasteiger charge is 2.26. The summed E-state index contributed by atoms with van der Waals surface area (Å²) in [4.78, 5) is 27.4. The standard InChI is InChI=1S/C24H32N2O2S/c1-18(2)14-25-24(28)20(4)26(15-22-12-8-9-19(3)13-22)23(27)17-29-16-21-10-6-5-7-11-21/h5-13,18,20H,14-17H2,1-4H3,(H,25,28)/t20-/m1/s1. The maximum absolute atomic E-state index is 13.0. The van der Waals surface area contributed by atoms with Gasteiger partial charge in [-0.1, -0.05) is 74.0 Å². The summed E-state index contributed by atoms with van der Waals surface area (Å²) in [5.74, 6) is 1.38. The first kappa shape index (κ1) is 23.0. The molecule has 0 radical (unpaired) electrons. The Morgan fingerprint density at radius 2 is 1.69 bits per heavy atom. The van der Waals surface area contributed by atoms with Crippen LogP contribution in [-0.4, -0.2) is 35.1 Å². The number of aryl methyl sites for hydroxylation is 1. The van der Waals surface area contributed by atoms with Crippen molar-refractivity contribution < 1.29 is 9.59 Å². The third-order valence-corrected chi connectivity index (χ3v) is 5.61. The van der Waals surface area contributed by atoms with E-state index in [2.05, 4.69) is 37.4 Å². The van der Waals surface area contributed by atoms with Crippen LogP contribution < -0.4 is 5.32 Å². The first-order valence-corrected chi connectivity index (χ1v) is 11.3. The number of rotatable bonds is 10. The molecule has 0 heterocycles. The van der Waals surface area contributed by atoms with E-state index >= 15 is 0 Å². The predicted molar refractivity (Wildman–Crippen MR) is 122 cm³/mol. The third-order valence-electron chi connectivity index (χ3n) is 4.62. The van der Waals surface area contributed by atoms with Crippen LogP contribution in [0.4, 0.5) is 0 Å². The van der Waals surface area contributed by atoms with E-state index in [9.17, 15) is 9.59 Å². The molecular weight excluding hydrogens is 380 g/mol. The highest BCUT2D eigenvalue weighted by atomic mass is 32.2. The molecule has 5 heteroatoms. The summed E-state index contributed by atoms with van der Waals surface area (Å²) in [5.41, 5.74) is 3.37. The van der Waals surface area contributed by atoms with Gasteiger partial charge in [-0.3, -0.25) is 9.59 Å². The first-order chi connectivity index (χ1) is 13.9. The Balaban J connectivity index is 2.05. The molecule has 0 aromatic heterocycles. The second kappa shape index (κ2) is 11.7. The molecule has 0 saturated heterocycles. The molecule has 156 valence electrons. The Labute approximate surface area is 179 Å². The molecule has 29 heavy (non-hydrogen) atoms. The van der Waals surface area contributed by atoms with Crippen LogP contribution in [0.15, 0.2) is 54.6 Å². The van der Waals surface area contributed by atoms with Crippen LogP contribution >= 0.6 is 11.8 Å². The van der Waals surface area contributed by atoms with Gasteiger partial charge in [-0.15, -0.1) is 11.8 Å². The molecule has 2 amide bonds. The maximum atomic E-state index is 13.0. The van der Waals surface area contributed by atoms with Crippen LogP contribution in [0.3, 0.4) is 0 Å². The second-order valence-corrected chi connectivity index (χ2v) is 8.79. The van der Waals surface area contributed by atoms with Gasteiger partial charge in [0.05, 0.1) is 5.75 Å². The fourth-order valence-electron chi connectivity index (χ4n) is 2.96. The zero-order valence-corrected chi connectivity index (χ0v) is 18.7. The molecule has 2 aromatic carbocycles. The van der Waals surface area contributed by atoms with Crippen molar-refractivity contribution in [3.8, 4) is 0 Å². The summed E-state index contributed by atoms with van der Waals surface area (Å²) in [7, 11) is 0. The number of hydrogen-bond donors (Lipinski definition) is 1. The average Bonchev–Trinajstić information content (AvgIpc) is 2.70. The molecule has 0 aliphatic carbocycles. The molecule has 2 rings (SSSR count). The fraction of sp³-hybridized carbons (Fsp3) is 0.417. The van der Waals surface area contributed by atoms with Gasteiger partial charge >= 0.3 is 0 Å². The molecule has 1 atom stereocenters. The van der Waals surface area contributed by atoms with Crippen LogP contribution in [0.1, 0.15) is 37.5 Å². The monoisotopic (exact) mass is 412 g/mol. The van der Waals surface area contributed by atoms with Gasteiger partial charge in [0.15, 0.2) is 0 Å². The largest absolute Gasteiger partial charge is 0.354 e. The van der Waals surface area contributed by atoms with Crippen molar-refractivity contribution in [2.75, 3.05) is 12.3 Å². The number of amides is 2. The molecule has 0 saturated carbocycles. The van der Waals surface area contributed by atoms with Crippen molar-refractivity contribution in [2.24, 2.45) is 5.92 Å². The van der Waals surface area contributed by atoms with Crippen molar-refractivity contribution in [2.45, 2.75) is 46.0 Å². The van der Waals surface area contributed by atoms with E-state index in [1.807, 2.05) is 50.2 Å². The van der Waals surface area contributed by atoms with E-state index < -0.39 is 6.04 Å². The smallest absolute Gasteiger partial charge is 0.242 e. The lowest BCUT2D eigenvalue weighted by atomic mass is 10.1. The van der Waals surface area contributed by atoms with Gasteiger partial charge < -0.3 is 10.2 Å². The van der Waals surface area contributed by atoms with Crippen LogP contribution in [0, 0.1) is 12.8 Å². The average molecular weight is 413 g/mol. The molecule has 0 unspecified atom stereocenters. The highest BCUT2D eigenvalue weighted by Crippen LogP contribution is 2.16. The summed E-state index contributed by atoms with van der Waals surface area (Å²) >= 11 is 1.58. The van der Waals surface area contributed by atoms with Gasteiger partial charge in [0, 0.05) is 18.8 Å². The third kappa shape index (κ3) is 7.94. The normalized spacial score (nSPS) is 11.9. The molecule has 0 aliphatic rings. The zero-order chi connectivity index (χ0) is 21.2. The van der Waals surface area contributed by atoms with Gasteiger partial charge in [0.25, 0.3) is 0 Å². The maximum Gasteiger partial charge on any atom is 0.242 e. The molecule has 4 nitrogen and oxygen atoms in total. The second-order valence-electron chi connectivity index (χ2n) is 7.80. The molecule has 0 fully saturated rings. The summed E-state index contributed by atoms with van der Waals surface area (Å²) in [6, 6.07) is 17.7. The highest BCUT2D eigenvalue weighted by molar-refractivity contribution is 7.99. The minimum atomic E-state index is -0.515. The number of hydrogen-bond acceptors (Lipinski definition) is 3. The van der Waals surface area contributed by atoms with Crippen LogP contribution in [-0.2, 0) is 21.9 Å². The minimum Gasteiger partial charge on any atom is -0.354 e. The summed E-state index contributed by atoms with van der Waals surface area (Å²) < 4.78 is 0. The zero-order valence-electron chi connectivity index (χ0n) is 17.9. The lowest BCUT2D eigenvalue weighted by Gasteiger charge is -2.29.